The second kappa shape index (κ2) is 8.26. The van der Waals surface area contributed by atoms with Crippen LogP contribution in [0.2, 0.25) is 0 Å². The molecule has 3 amide bonds. The number of nitrogens with two attached hydrogens (primary N) is 2. The molecule has 7 nitrogen and oxygen atoms in total. The maximum atomic E-state index is 12.8. The molecule has 2 aliphatic rings. The zero-order chi connectivity index (χ0) is 22.2. The molecular formula is C23H27N5O2S. The fourth-order valence-corrected chi connectivity index (χ4v) is 5.72. The van der Waals surface area contributed by atoms with Crippen molar-refractivity contribution in [2.45, 2.75) is 37.4 Å². The number of hydrogen-bond acceptors (Lipinski definition) is 5. The Balaban J connectivity index is 1.57. The molecule has 2 aromatic rings. The van der Waals surface area contributed by atoms with Crippen LogP contribution >= 0.6 is 11.8 Å². The van der Waals surface area contributed by atoms with Gasteiger partial charge in [0.1, 0.15) is 4.75 Å². The number of amides is 3. The first-order valence-electron chi connectivity index (χ1n) is 10.4. The number of carbonyl (C=O) groups excluding carboxylic acids is 2. The van der Waals surface area contributed by atoms with E-state index in [-0.39, 0.29) is 6.03 Å². The largest absolute Gasteiger partial charge is 0.398 e. The number of nitrogen functional groups attached to an aromatic ring is 1. The summed E-state index contributed by atoms with van der Waals surface area (Å²) >= 11 is 1.46. The zero-order valence-electron chi connectivity index (χ0n) is 17.7. The third-order valence-corrected chi connectivity index (χ3v) is 7.53. The molecule has 4 rings (SSSR count). The van der Waals surface area contributed by atoms with Crippen molar-refractivity contribution < 1.29 is 9.59 Å². The summed E-state index contributed by atoms with van der Waals surface area (Å²) in [4.78, 5) is 32.3. The quantitative estimate of drug-likeness (QED) is 0.630. The van der Waals surface area contributed by atoms with Crippen LogP contribution in [0, 0.1) is 0 Å². The lowest BCUT2D eigenvalue weighted by molar-refractivity contribution is -0.120. The Hall–Kier alpha value is -3.00. The minimum Gasteiger partial charge on any atom is -0.398 e. The third-order valence-electron chi connectivity index (χ3n) is 5.95. The van der Waals surface area contributed by atoms with Gasteiger partial charge in [0.15, 0.2) is 0 Å². The molecule has 8 heteroatoms. The van der Waals surface area contributed by atoms with Crippen LogP contribution in [0.5, 0.6) is 0 Å². The minimum atomic E-state index is -0.935. The van der Waals surface area contributed by atoms with Gasteiger partial charge in [-0.25, -0.2) is 4.79 Å². The first-order valence-corrected chi connectivity index (χ1v) is 11.2. The first-order chi connectivity index (χ1) is 14.8. The Morgan fingerprint density at radius 1 is 1.29 bits per heavy atom. The molecule has 0 fully saturated rings. The highest BCUT2D eigenvalue weighted by atomic mass is 32.2. The summed E-state index contributed by atoms with van der Waals surface area (Å²) in [5, 5.41) is 2.88. The average molecular weight is 438 g/mol. The van der Waals surface area contributed by atoms with Crippen molar-refractivity contribution in [3.8, 4) is 0 Å². The summed E-state index contributed by atoms with van der Waals surface area (Å²) < 4.78 is -0.935. The summed E-state index contributed by atoms with van der Waals surface area (Å²) in [5.41, 5.74) is 16.6. The summed E-state index contributed by atoms with van der Waals surface area (Å²) in [6, 6.07) is 9.26. The molecule has 2 aliphatic heterocycles. The molecule has 3 heterocycles. The van der Waals surface area contributed by atoms with E-state index in [1.165, 1.54) is 17.3 Å². The number of aromatic nitrogens is 1. The zero-order valence-corrected chi connectivity index (χ0v) is 18.5. The van der Waals surface area contributed by atoms with Crippen LogP contribution in [-0.2, 0) is 9.54 Å². The molecule has 0 aliphatic carbocycles. The Kier molecular flexibility index (Phi) is 5.66. The van der Waals surface area contributed by atoms with Crippen molar-refractivity contribution in [2.24, 2.45) is 5.73 Å². The third kappa shape index (κ3) is 3.99. The van der Waals surface area contributed by atoms with Crippen molar-refractivity contribution in [2.75, 3.05) is 24.1 Å². The number of nitrogens with zero attached hydrogens (tertiary/aromatic N) is 2. The lowest BCUT2D eigenvalue weighted by Crippen LogP contribution is -2.39. The predicted octanol–water partition coefficient (Wildman–Crippen LogP) is 3.80. The van der Waals surface area contributed by atoms with E-state index >= 15 is 0 Å². The number of hydrogen-bond donors (Lipinski definition) is 3. The highest BCUT2D eigenvalue weighted by Gasteiger charge is 2.48. The van der Waals surface area contributed by atoms with Crippen LogP contribution in [-0.4, -0.2) is 34.9 Å². The number of urea groups is 1. The van der Waals surface area contributed by atoms with Crippen molar-refractivity contribution in [3.63, 3.8) is 0 Å². The second-order valence-electron chi connectivity index (χ2n) is 8.34. The van der Waals surface area contributed by atoms with Gasteiger partial charge in [-0.1, -0.05) is 31.6 Å². The van der Waals surface area contributed by atoms with Gasteiger partial charge in [-0.15, -0.1) is 11.8 Å². The molecule has 1 aromatic heterocycles. The van der Waals surface area contributed by atoms with Gasteiger partial charge in [0.25, 0.3) is 0 Å². The molecule has 0 saturated heterocycles. The number of nitrogens with one attached hydrogen (secondary N) is 1. The molecule has 1 aromatic carbocycles. The van der Waals surface area contributed by atoms with Crippen molar-refractivity contribution in [1.82, 2.24) is 9.88 Å². The van der Waals surface area contributed by atoms with Gasteiger partial charge >= 0.3 is 6.03 Å². The lowest BCUT2D eigenvalue weighted by atomic mass is 9.85. The molecule has 0 spiro atoms. The topological polar surface area (TPSA) is 114 Å². The summed E-state index contributed by atoms with van der Waals surface area (Å²) in [6.07, 6.45) is 4.51. The van der Waals surface area contributed by atoms with Crippen molar-refractivity contribution in [3.05, 3.63) is 64.3 Å². The van der Waals surface area contributed by atoms with Gasteiger partial charge in [-0.2, -0.15) is 0 Å². The van der Waals surface area contributed by atoms with Crippen LogP contribution in [0.3, 0.4) is 0 Å². The first kappa shape index (κ1) is 21.2. The number of carbonyl (C=O) groups is 2. The highest BCUT2D eigenvalue weighted by molar-refractivity contribution is 8.05. The minimum absolute atomic E-state index is 0.182. The normalized spacial score (nSPS) is 20.7. The monoisotopic (exact) mass is 437 g/mol. The Bertz CT molecular complexity index is 1050. The lowest BCUT2D eigenvalue weighted by Gasteiger charge is -2.29. The van der Waals surface area contributed by atoms with E-state index in [1.807, 2.05) is 18.2 Å². The van der Waals surface area contributed by atoms with Crippen molar-refractivity contribution in [1.29, 1.82) is 0 Å². The molecule has 0 saturated carbocycles. The van der Waals surface area contributed by atoms with Gasteiger partial charge in [-0.3, -0.25) is 9.78 Å². The molecule has 5 N–H and O–H groups in total. The molecule has 162 valence electrons. The van der Waals surface area contributed by atoms with Gasteiger partial charge in [0.2, 0.25) is 5.91 Å². The van der Waals surface area contributed by atoms with Gasteiger partial charge < -0.3 is 21.7 Å². The highest BCUT2D eigenvalue weighted by Crippen LogP contribution is 2.56. The van der Waals surface area contributed by atoms with Crippen LogP contribution in [0.1, 0.15) is 43.7 Å². The molecule has 0 bridgehead atoms. The fraction of sp³-hybridized carbons (Fsp3) is 0.348. The van der Waals surface area contributed by atoms with Crippen LogP contribution in [0.4, 0.5) is 16.2 Å². The van der Waals surface area contributed by atoms with Crippen LogP contribution in [0.15, 0.2) is 53.2 Å². The Morgan fingerprint density at radius 2 is 2.10 bits per heavy atom. The smallest absolute Gasteiger partial charge is 0.322 e. The number of rotatable bonds is 4. The maximum absolute atomic E-state index is 12.8. The number of benzene rings is 1. The van der Waals surface area contributed by atoms with E-state index in [0.717, 1.165) is 16.0 Å². The molecule has 31 heavy (non-hydrogen) atoms. The van der Waals surface area contributed by atoms with Gasteiger partial charge in [0.05, 0.1) is 18.4 Å². The summed E-state index contributed by atoms with van der Waals surface area (Å²) in [6.45, 7) is 5.25. The van der Waals surface area contributed by atoms with Crippen LogP contribution in [0.25, 0.3) is 0 Å². The van der Waals surface area contributed by atoms with E-state index in [9.17, 15) is 9.59 Å². The van der Waals surface area contributed by atoms with E-state index in [0.29, 0.717) is 43.2 Å². The van der Waals surface area contributed by atoms with E-state index in [1.54, 1.807) is 29.4 Å². The Labute approximate surface area is 186 Å². The SMILES string of the molecule is CC(C)c1ccc(N)c(C2(C(N)=O)CC3=C(CN(C(=O)Nc4cccnc4)CC3)S2)c1. The number of thioether (sulfide) groups is 1. The van der Waals surface area contributed by atoms with Crippen LogP contribution < -0.4 is 16.8 Å². The molecule has 0 radical (unpaired) electrons. The van der Waals surface area contributed by atoms with Gasteiger partial charge in [0, 0.05) is 28.9 Å². The van der Waals surface area contributed by atoms with Crippen molar-refractivity contribution >= 4 is 35.1 Å². The summed E-state index contributed by atoms with van der Waals surface area (Å²) in [5.74, 6) is -0.0872. The van der Waals surface area contributed by atoms with Gasteiger partial charge in [-0.05, 0) is 42.5 Å². The fourth-order valence-electron chi connectivity index (χ4n) is 4.13. The molecule has 1 atom stereocenters. The Morgan fingerprint density at radius 3 is 2.77 bits per heavy atom. The summed E-state index contributed by atoms with van der Waals surface area (Å²) in [7, 11) is 0. The number of anilines is 2. The van der Waals surface area contributed by atoms with E-state index in [4.69, 9.17) is 11.5 Å². The number of primary amides is 1. The average Bonchev–Trinajstić information content (AvgIpc) is 3.14. The predicted molar refractivity (Wildman–Crippen MR) is 124 cm³/mol. The molecule has 1 unspecified atom stereocenters. The maximum Gasteiger partial charge on any atom is 0.322 e. The van der Waals surface area contributed by atoms with E-state index in [2.05, 4.69) is 24.1 Å². The standard InChI is InChI=1S/C23H27N5O2S/c1-14(2)15-5-6-19(24)18(10-15)23(21(25)29)11-16-7-9-28(13-20(16)31-23)22(30)27-17-4-3-8-26-12-17/h3-6,8,10,12,14H,7,9,11,13,24H2,1-2H3,(H2,25,29)(H,27,30). The molecular weight excluding hydrogens is 410 g/mol. The second-order valence-corrected chi connectivity index (χ2v) is 9.74. The van der Waals surface area contributed by atoms with E-state index < -0.39 is 10.7 Å². The number of pyridine rings is 1.